The summed E-state index contributed by atoms with van der Waals surface area (Å²) in [5, 5.41) is 7.72. The van der Waals surface area contributed by atoms with Crippen molar-refractivity contribution in [2.75, 3.05) is 6.54 Å². The van der Waals surface area contributed by atoms with Gasteiger partial charge in [0.15, 0.2) is 0 Å². The number of carbonyl (C=O) groups is 1. The Labute approximate surface area is 157 Å². The van der Waals surface area contributed by atoms with Gasteiger partial charge in [0.25, 0.3) is 5.91 Å². The van der Waals surface area contributed by atoms with Crippen molar-refractivity contribution in [2.45, 2.75) is 33.4 Å². The average molecular weight is 372 g/mol. The number of carbonyl (C=O) groups excluding carboxylic acids is 1. The van der Waals surface area contributed by atoms with Gasteiger partial charge in [0.05, 0.1) is 24.1 Å². The van der Waals surface area contributed by atoms with Crippen molar-refractivity contribution in [1.29, 1.82) is 0 Å². The molecule has 0 fully saturated rings. The minimum Gasteiger partial charge on any atom is -0.352 e. The molecule has 136 valence electrons. The van der Waals surface area contributed by atoms with Gasteiger partial charge in [0.1, 0.15) is 5.15 Å². The molecule has 26 heavy (non-hydrogen) atoms. The number of rotatable bonds is 7. The fourth-order valence-electron chi connectivity index (χ4n) is 2.75. The Balaban J connectivity index is 1.61. The van der Waals surface area contributed by atoms with Crippen LogP contribution in [-0.2, 0) is 13.1 Å². The fraction of sp³-hybridized carbons (Fsp3) is 0.316. The number of aryl methyl sites for hydroxylation is 3. The van der Waals surface area contributed by atoms with E-state index in [1.54, 1.807) is 24.1 Å². The molecule has 0 aliphatic rings. The fourth-order valence-corrected chi connectivity index (χ4v) is 3.07. The summed E-state index contributed by atoms with van der Waals surface area (Å²) in [4.78, 5) is 16.5. The molecule has 0 radical (unpaired) electrons. The third kappa shape index (κ3) is 4.32. The van der Waals surface area contributed by atoms with Crippen molar-refractivity contribution in [2.24, 2.45) is 0 Å². The zero-order valence-electron chi connectivity index (χ0n) is 14.9. The Morgan fingerprint density at radius 3 is 2.69 bits per heavy atom. The van der Waals surface area contributed by atoms with Crippen LogP contribution in [0.5, 0.6) is 0 Å². The van der Waals surface area contributed by atoms with Crippen LogP contribution in [0.15, 0.2) is 43.0 Å². The van der Waals surface area contributed by atoms with Crippen molar-refractivity contribution >= 4 is 17.5 Å². The summed E-state index contributed by atoms with van der Waals surface area (Å²) in [6.07, 6.45) is 6.22. The van der Waals surface area contributed by atoms with Crippen molar-refractivity contribution in [3.05, 3.63) is 70.5 Å². The molecular weight excluding hydrogens is 350 g/mol. The van der Waals surface area contributed by atoms with Crippen LogP contribution in [0.3, 0.4) is 0 Å². The molecule has 0 spiro atoms. The monoisotopic (exact) mass is 371 g/mol. The second kappa shape index (κ2) is 8.19. The van der Waals surface area contributed by atoms with Gasteiger partial charge in [0, 0.05) is 25.5 Å². The molecule has 0 bridgehead atoms. The van der Waals surface area contributed by atoms with E-state index in [2.05, 4.69) is 15.4 Å². The van der Waals surface area contributed by atoms with Crippen LogP contribution >= 0.6 is 11.6 Å². The van der Waals surface area contributed by atoms with Crippen LogP contribution in [-0.4, -0.2) is 31.8 Å². The Hall–Kier alpha value is -2.60. The standard InChI is InChI=1S/C19H22ClN5O/c1-14-4-6-16(7-5-14)12-25-18(20)17(15(2)23-25)19(26)22-8-3-10-24-11-9-21-13-24/h4-7,9,11,13H,3,8,10,12H2,1-2H3,(H,22,26). The first-order valence-corrected chi connectivity index (χ1v) is 8.95. The predicted octanol–water partition coefficient (Wildman–Crippen LogP) is 3.22. The van der Waals surface area contributed by atoms with Gasteiger partial charge >= 0.3 is 0 Å². The summed E-state index contributed by atoms with van der Waals surface area (Å²) >= 11 is 6.43. The number of aromatic nitrogens is 4. The Morgan fingerprint density at radius 2 is 2.00 bits per heavy atom. The summed E-state index contributed by atoms with van der Waals surface area (Å²) in [7, 11) is 0. The van der Waals surface area contributed by atoms with Crippen LogP contribution in [0.25, 0.3) is 0 Å². The second-order valence-corrected chi connectivity index (χ2v) is 6.66. The SMILES string of the molecule is Cc1ccc(Cn2nc(C)c(C(=O)NCCCn3ccnc3)c2Cl)cc1. The van der Waals surface area contributed by atoms with Crippen molar-refractivity contribution in [1.82, 2.24) is 24.6 Å². The first-order valence-electron chi connectivity index (χ1n) is 8.57. The van der Waals surface area contributed by atoms with Gasteiger partial charge in [-0.15, -0.1) is 0 Å². The Bertz CT molecular complexity index is 868. The third-order valence-corrected chi connectivity index (χ3v) is 4.57. The number of hydrogen-bond donors (Lipinski definition) is 1. The lowest BCUT2D eigenvalue weighted by atomic mass is 10.1. The molecular formula is C19H22ClN5O. The number of amides is 1. The van der Waals surface area contributed by atoms with E-state index in [0.29, 0.717) is 29.5 Å². The molecule has 3 aromatic rings. The van der Waals surface area contributed by atoms with Crippen molar-refractivity contribution < 1.29 is 4.79 Å². The molecule has 1 N–H and O–H groups in total. The van der Waals surface area contributed by atoms with Gasteiger partial charge in [0.2, 0.25) is 0 Å². The zero-order valence-corrected chi connectivity index (χ0v) is 15.7. The lowest BCUT2D eigenvalue weighted by molar-refractivity contribution is 0.0952. The highest BCUT2D eigenvalue weighted by Crippen LogP contribution is 2.21. The molecule has 2 aromatic heterocycles. The molecule has 0 aliphatic carbocycles. The van der Waals surface area contributed by atoms with Crippen LogP contribution in [0, 0.1) is 13.8 Å². The summed E-state index contributed by atoms with van der Waals surface area (Å²) in [5.74, 6) is -0.187. The lowest BCUT2D eigenvalue weighted by Gasteiger charge is -2.06. The minimum atomic E-state index is -0.187. The highest BCUT2D eigenvalue weighted by Gasteiger charge is 2.20. The molecule has 0 saturated heterocycles. The summed E-state index contributed by atoms with van der Waals surface area (Å²) < 4.78 is 3.64. The van der Waals surface area contributed by atoms with E-state index in [9.17, 15) is 4.79 Å². The van der Waals surface area contributed by atoms with Crippen molar-refractivity contribution in [3.8, 4) is 0 Å². The summed E-state index contributed by atoms with van der Waals surface area (Å²) in [6, 6.07) is 8.18. The normalized spacial score (nSPS) is 10.9. The quantitative estimate of drug-likeness (QED) is 0.648. The van der Waals surface area contributed by atoms with E-state index in [-0.39, 0.29) is 5.91 Å². The number of nitrogens with zero attached hydrogens (tertiary/aromatic N) is 4. The topological polar surface area (TPSA) is 64.7 Å². The van der Waals surface area contributed by atoms with Gasteiger partial charge in [-0.2, -0.15) is 5.10 Å². The Kier molecular flexibility index (Phi) is 5.73. The van der Waals surface area contributed by atoms with Gasteiger partial charge in [-0.05, 0) is 25.8 Å². The lowest BCUT2D eigenvalue weighted by Crippen LogP contribution is -2.25. The van der Waals surface area contributed by atoms with E-state index in [4.69, 9.17) is 11.6 Å². The van der Waals surface area contributed by atoms with Gasteiger partial charge in [-0.1, -0.05) is 41.4 Å². The Morgan fingerprint density at radius 1 is 1.23 bits per heavy atom. The molecule has 3 rings (SSSR count). The average Bonchev–Trinajstić information content (AvgIpc) is 3.22. The van der Waals surface area contributed by atoms with Gasteiger partial charge < -0.3 is 9.88 Å². The molecule has 2 heterocycles. The van der Waals surface area contributed by atoms with E-state index in [1.165, 1.54) is 5.56 Å². The maximum Gasteiger partial charge on any atom is 0.256 e. The van der Waals surface area contributed by atoms with Gasteiger partial charge in [-0.3, -0.25) is 4.79 Å². The number of imidazole rings is 1. The van der Waals surface area contributed by atoms with E-state index in [0.717, 1.165) is 18.5 Å². The molecule has 0 atom stereocenters. The van der Waals surface area contributed by atoms with E-state index in [1.807, 2.05) is 42.0 Å². The predicted molar refractivity (Wildman–Crippen MR) is 101 cm³/mol. The number of halogens is 1. The largest absolute Gasteiger partial charge is 0.352 e. The maximum atomic E-state index is 12.5. The first kappa shape index (κ1) is 18.2. The number of benzene rings is 1. The van der Waals surface area contributed by atoms with E-state index >= 15 is 0 Å². The summed E-state index contributed by atoms with van der Waals surface area (Å²) in [6.45, 7) is 5.76. The highest BCUT2D eigenvalue weighted by molar-refractivity contribution is 6.33. The van der Waals surface area contributed by atoms with Gasteiger partial charge in [-0.25, -0.2) is 9.67 Å². The molecule has 7 heteroatoms. The van der Waals surface area contributed by atoms with Crippen LogP contribution in [0.2, 0.25) is 5.15 Å². The van der Waals surface area contributed by atoms with E-state index < -0.39 is 0 Å². The zero-order chi connectivity index (χ0) is 18.5. The molecule has 0 saturated carbocycles. The second-order valence-electron chi connectivity index (χ2n) is 6.30. The van der Waals surface area contributed by atoms with Crippen LogP contribution in [0.4, 0.5) is 0 Å². The number of nitrogens with one attached hydrogen (secondary N) is 1. The van der Waals surface area contributed by atoms with Crippen molar-refractivity contribution in [3.63, 3.8) is 0 Å². The molecule has 1 aromatic carbocycles. The highest BCUT2D eigenvalue weighted by atomic mass is 35.5. The molecule has 1 amide bonds. The number of hydrogen-bond acceptors (Lipinski definition) is 3. The molecule has 0 aliphatic heterocycles. The molecule has 6 nitrogen and oxygen atoms in total. The summed E-state index contributed by atoms with van der Waals surface area (Å²) in [5.41, 5.74) is 3.37. The van der Waals surface area contributed by atoms with Crippen LogP contribution in [0.1, 0.15) is 33.6 Å². The molecule has 0 unspecified atom stereocenters. The minimum absolute atomic E-state index is 0.187. The third-order valence-electron chi connectivity index (χ3n) is 4.18. The maximum absolute atomic E-state index is 12.5. The van der Waals surface area contributed by atoms with Crippen LogP contribution < -0.4 is 5.32 Å². The smallest absolute Gasteiger partial charge is 0.256 e. The first-order chi connectivity index (χ1) is 12.5.